The number of rotatable bonds is 4. The normalized spacial score (nSPS) is 15.4. The zero-order valence-corrected chi connectivity index (χ0v) is 12.0. The molecule has 0 saturated heterocycles. The quantitative estimate of drug-likeness (QED) is 0.846. The van der Waals surface area contributed by atoms with Gasteiger partial charge in [0.05, 0.1) is 0 Å². The molecule has 1 aliphatic rings. The van der Waals surface area contributed by atoms with Crippen molar-refractivity contribution in [1.29, 1.82) is 0 Å². The largest absolute Gasteiger partial charge is 0.352 e. The van der Waals surface area contributed by atoms with Crippen LogP contribution in [0, 0.1) is 0 Å². The van der Waals surface area contributed by atoms with Crippen LogP contribution in [0.4, 0.5) is 0 Å². The van der Waals surface area contributed by atoms with E-state index in [0.717, 1.165) is 37.8 Å². The first-order valence-electron chi connectivity index (χ1n) is 6.51. The molecule has 0 radical (unpaired) electrons. The second-order valence-corrected chi connectivity index (χ2v) is 5.75. The Morgan fingerprint density at radius 3 is 3.11 bits per heavy atom. The lowest BCUT2D eigenvalue weighted by molar-refractivity contribution is 0.446. The zero-order valence-electron chi connectivity index (χ0n) is 11.1. The SMILES string of the molecule is CCSc1cccc(CNC2=NCCCN2C)c1. The standard InChI is InChI=1S/C14H21N3S/c1-3-18-13-7-4-6-12(10-13)11-16-14-15-8-5-9-17(14)2/h4,6-7,10H,3,5,8-9,11H2,1-2H3,(H,15,16). The molecule has 4 heteroatoms. The van der Waals surface area contributed by atoms with Gasteiger partial charge in [0, 0.05) is 31.6 Å². The molecule has 0 amide bonds. The second-order valence-electron chi connectivity index (χ2n) is 4.41. The number of benzene rings is 1. The first-order chi connectivity index (χ1) is 8.79. The van der Waals surface area contributed by atoms with Gasteiger partial charge >= 0.3 is 0 Å². The van der Waals surface area contributed by atoms with Crippen molar-refractivity contribution in [2.24, 2.45) is 4.99 Å². The summed E-state index contributed by atoms with van der Waals surface area (Å²) >= 11 is 1.88. The van der Waals surface area contributed by atoms with Crippen molar-refractivity contribution in [3.8, 4) is 0 Å². The highest BCUT2D eigenvalue weighted by molar-refractivity contribution is 7.99. The molecule has 0 fully saturated rings. The first-order valence-corrected chi connectivity index (χ1v) is 7.49. The summed E-state index contributed by atoms with van der Waals surface area (Å²) in [4.78, 5) is 8.04. The zero-order chi connectivity index (χ0) is 12.8. The predicted molar refractivity (Wildman–Crippen MR) is 79.2 cm³/mol. The molecule has 1 aromatic rings. The van der Waals surface area contributed by atoms with Gasteiger partial charge < -0.3 is 10.2 Å². The Balaban J connectivity index is 1.93. The monoisotopic (exact) mass is 263 g/mol. The van der Waals surface area contributed by atoms with Gasteiger partial charge in [-0.3, -0.25) is 4.99 Å². The molecular weight excluding hydrogens is 242 g/mol. The Hall–Kier alpha value is -1.16. The van der Waals surface area contributed by atoms with Crippen LogP contribution in [-0.4, -0.2) is 36.7 Å². The fraction of sp³-hybridized carbons (Fsp3) is 0.500. The lowest BCUT2D eigenvalue weighted by Crippen LogP contribution is -2.41. The van der Waals surface area contributed by atoms with E-state index in [4.69, 9.17) is 0 Å². The summed E-state index contributed by atoms with van der Waals surface area (Å²) in [7, 11) is 2.09. The minimum Gasteiger partial charge on any atom is -0.352 e. The third-order valence-corrected chi connectivity index (χ3v) is 3.81. The average molecular weight is 263 g/mol. The van der Waals surface area contributed by atoms with E-state index in [2.05, 4.69) is 53.4 Å². The molecule has 1 heterocycles. The number of nitrogens with zero attached hydrogens (tertiary/aromatic N) is 2. The van der Waals surface area contributed by atoms with Gasteiger partial charge in [0.15, 0.2) is 5.96 Å². The van der Waals surface area contributed by atoms with Crippen molar-refractivity contribution in [2.45, 2.75) is 24.8 Å². The minimum absolute atomic E-state index is 0.848. The lowest BCUT2D eigenvalue weighted by atomic mass is 10.2. The molecule has 0 spiro atoms. The molecule has 0 aromatic heterocycles. The summed E-state index contributed by atoms with van der Waals surface area (Å²) in [6.45, 7) is 5.07. The van der Waals surface area contributed by atoms with E-state index in [1.54, 1.807) is 0 Å². The van der Waals surface area contributed by atoms with Gasteiger partial charge in [-0.05, 0) is 29.9 Å². The van der Waals surface area contributed by atoms with Crippen molar-refractivity contribution in [3.63, 3.8) is 0 Å². The van der Waals surface area contributed by atoms with Crippen LogP contribution in [0.2, 0.25) is 0 Å². The van der Waals surface area contributed by atoms with Crippen LogP contribution >= 0.6 is 11.8 Å². The topological polar surface area (TPSA) is 27.6 Å². The molecule has 1 aliphatic heterocycles. The number of nitrogens with one attached hydrogen (secondary N) is 1. The summed E-state index contributed by atoms with van der Waals surface area (Å²) < 4.78 is 0. The fourth-order valence-electron chi connectivity index (χ4n) is 2.00. The van der Waals surface area contributed by atoms with Crippen molar-refractivity contribution >= 4 is 17.7 Å². The Morgan fingerprint density at radius 2 is 2.33 bits per heavy atom. The summed E-state index contributed by atoms with van der Waals surface area (Å²) in [6.07, 6.45) is 1.16. The van der Waals surface area contributed by atoms with E-state index in [-0.39, 0.29) is 0 Å². The first kappa shape index (κ1) is 13.3. The lowest BCUT2D eigenvalue weighted by Gasteiger charge is -2.25. The maximum atomic E-state index is 4.51. The maximum Gasteiger partial charge on any atom is 0.193 e. The molecule has 0 atom stereocenters. The number of guanidine groups is 1. The van der Waals surface area contributed by atoms with Crippen LogP contribution in [0.5, 0.6) is 0 Å². The number of hydrogen-bond donors (Lipinski definition) is 1. The molecule has 0 unspecified atom stereocenters. The molecule has 18 heavy (non-hydrogen) atoms. The highest BCUT2D eigenvalue weighted by Crippen LogP contribution is 2.18. The third kappa shape index (κ3) is 3.67. The van der Waals surface area contributed by atoms with Crippen LogP contribution in [0.1, 0.15) is 18.9 Å². The van der Waals surface area contributed by atoms with E-state index in [1.165, 1.54) is 10.5 Å². The van der Waals surface area contributed by atoms with Crippen LogP contribution in [0.15, 0.2) is 34.2 Å². The molecule has 1 aromatic carbocycles. The third-order valence-electron chi connectivity index (χ3n) is 2.93. The van der Waals surface area contributed by atoms with E-state index in [1.807, 2.05) is 11.8 Å². The fourth-order valence-corrected chi connectivity index (χ4v) is 2.75. The summed E-state index contributed by atoms with van der Waals surface area (Å²) in [5, 5.41) is 3.42. The predicted octanol–water partition coefficient (Wildman–Crippen LogP) is 2.58. The van der Waals surface area contributed by atoms with Crippen LogP contribution in [-0.2, 0) is 6.54 Å². The van der Waals surface area contributed by atoms with Gasteiger partial charge in [-0.25, -0.2) is 0 Å². The molecule has 0 aliphatic carbocycles. The van der Waals surface area contributed by atoms with Gasteiger partial charge in [0.2, 0.25) is 0 Å². The Bertz CT molecular complexity index is 417. The molecule has 1 N–H and O–H groups in total. The molecular formula is C14H21N3S. The maximum absolute atomic E-state index is 4.51. The molecule has 0 bridgehead atoms. The van der Waals surface area contributed by atoms with Crippen LogP contribution in [0.25, 0.3) is 0 Å². The Labute approximate surface area is 114 Å². The Kier molecular flexibility index (Phi) is 4.93. The smallest absolute Gasteiger partial charge is 0.193 e. The average Bonchev–Trinajstić information content (AvgIpc) is 2.39. The van der Waals surface area contributed by atoms with Crippen molar-refractivity contribution < 1.29 is 0 Å². The summed E-state index contributed by atoms with van der Waals surface area (Å²) in [5.74, 6) is 2.14. The van der Waals surface area contributed by atoms with Gasteiger partial charge in [0.1, 0.15) is 0 Å². The highest BCUT2D eigenvalue weighted by atomic mass is 32.2. The van der Waals surface area contributed by atoms with Gasteiger partial charge in [0.25, 0.3) is 0 Å². The van der Waals surface area contributed by atoms with Crippen molar-refractivity contribution in [2.75, 3.05) is 25.9 Å². The number of thioether (sulfide) groups is 1. The van der Waals surface area contributed by atoms with Gasteiger partial charge in [-0.2, -0.15) is 0 Å². The Morgan fingerprint density at radius 1 is 1.44 bits per heavy atom. The van der Waals surface area contributed by atoms with Gasteiger partial charge in [-0.1, -0.05) is 19.1 Å². The van der Waals surface area contributed by atoms with E-state index in [9.17, 15) is 0 Å². The summed E-state index contributed by atoms with van der Waals surface area (Å²) in [6, 6.07) is 8.71. The molecule has 0 saturated carbocycles. The van der Waals surface area contributed by atoms with Gasteiger partial charge in [-0.15, -0.1) is 11.8 Å². The van der Waals surface area contributed by atoms with E-state index >= 15 is 0 Å². The summed E-state index contributed by atoms with van der Waals surface area (Å²) in [5.41, 5.74) is 1.31. The van der Waals surface area contributed by atoms with E-state index in [0.29, 0.717) is 0 Å². The van der Waals surface area contributed by atoms with Crippen LogP contribution < -0.4 is 5.32 Å². The number of aliphatic imine (C=N–C) groups is 1. The molecule has 98 valence electrons. The molecule has 3 nitrogen and oxygen atoms in total. The molecule has 2 rings (SSSR count). The highest BCUT2D eigenvalue weighted by Gasteiger charge is 2.09. The van der Waals surface area contributed by atoms with Crippen LogP contribution in [0.3, 0.4) is 0 Å². The number of hydrogen-bond acceptors (Lipinski definition) is 4. The minimum atomic E-state index is 0.848. The van der Waals surface area contributed by atoms with Crippen molar-refractivity contribution in [1.82, 2.24) is 10.2 Å². The van der Waals surface area contributed by atoms with Crippen molar-refractivity contribution in [3.05, 3.63) is 29.8 Å². The second kappa shape index (κ2) is 6.69. The van der Waals surface area contributed by atoms with E-state index < -0.39 is 0 Å².